The van der Waals surface area contributed by atoms with Crippen molar-refractivity contribution in [3.63, 3.8) is 0 Å². The number of anilines is 1. The number of nitrogens with two attached hydrogens (primary N) is 2. The van der Waals surface area contributed by atoms with Crippen molar-refractivity contribution in [3.05, 3.63) is 29.3 Å². The Bertz CT molecular complexity index is 497. The smallest absolute Gasteiger partial charge is 0.251 e. The third-order valence-electron chi connectivity index (χ3n) is 2.71. The fourth-order valence-corrected chi connectivity index (χ4v) is 1.83. The van der Waals surface area contributed by atoms with Crippen LogP contribution in [0.15, 0.2) is 18.2 Å². The number of nitrogen functional groups attached to an aromatic ring is 1. The lowest BCUT2D eigenvalue weighted by Gasteiger charge is -2.24. The summed E-state index contributed by atoms with van der Waals surface area (Å²) in [7, 11) is 0. The van der Waals surface area contributed by atoms with Gasteiger partial charge in [-0.25, -0.2) is 0 Å². The van der Waals surface area contributed by atoms with Gasteiger partial charge in [-0.3, -0.25) is 15.4 Å². The van der Waals surface area contributed by atoms with E-state index in [1.807, 2.05) is 6.92 Å². The molecule has 6 nitrogen and oxygen atoms in total. The van der Waals surface area contributed by atoms with Crippen LogP contribution in [0.5, 0.6) is 0 Å². The molecule has 1 rings (SSSR count). The number of carbonyl (C=O) groups is 2. The molecular formula is C13H20N4O2. The van der Waals surface area contributed by atoms with Gasteiger partial charge in [-0.1, -0.05) is 0 Å². The van der Waals surface area contributed by atoms with Gasteiger partial charge in [0.15, 0.2) is 0 Å². The first-order valence-corrected chi connectivity index (χ1v) is 5.93. The summed E-state index contributed by atoms with van der Waals surface area (Å²) in [5.74, 6) is 4.63. The highest BCUT2D eigenvalue weighted by atomic mass is 16.2. The van der Waals surface area contributed by atoms with Gasteiger partial charge >= 0.3 is 0 Å². The van der Waals surface area contributed by atoms with Crippen LogP contribution >= 0.6 is 0 Å². The van der Waals surface area contributed by atoms with E-state index in [0.29, 0.717) is 5.56 Å². The summed E-state index contributed by atoms with van der Waals surface area (Å²) >= 11 is 0. The fourth-order valence-electron chi connectivity index (χ4n) is 1.83. The topological polar surface area (TPSA) is 110 Å². The molecule has 0 heterocycles. The SMILES string of the molecule is Cc1cc(C(=O)NC(C)(C)CC(N)=O)ccc1NN. The van der Waals surface area contributed by atoms with Crippen LogP contribution in [0.4, 0.5) is 5.69 Å². The van der Waals surface area contributed by atoms with E-state index >= 15 is 0 Å². The van der Waals surface area contributed by atoms with Crippen LogP contribution in [0.25, 0.3) is 0 Å². The molecule has 0 atom stereocenters. The lowest BCUT2D eigenvalue weighted by atomic mass is 9.99. The van der Waals surface area contributed by atoms with E-state index in [4.69, 9.17) is 11.6 Å². The fraction of sp³-hybridized carbons (Fsp3) is 0.385. The van der Waals surface area contributed by atoms with Crippen molar-refractivity contribution >= 4 is 17.5 Å². The van der Waals surface area contributed by atoms with E-state index in [0.717, 1.165) is 11.3 Å². The van der Waals surface area contributed by atoms with Crippen molar-refractivity contribution < 1.29 is 9.59 Å². The second kappa shape index (κ2) is 5.71. The number of hydrogen-bond donors (Lipinski definition) is 4. The first-order valence-electron chi connectivity index (χ1n) is 5.93. The number of hydrogen-bond acceptors (Lipinski definition) is 4. The van der Waals surface area contributed by atoms with Crippen molar-refractivity contribution in [2.75, 3.05) is 5.43 Å². The highest BCUT2D eigenvalue weighted by Gasteiger charge is 2.23. The van der Waals surface area contributed by atoms with E-state index in [1.54, 1.807) is 32.0 Å². The molecule has 0 saturated heterocycles. The maximum Gasteiger partial charge on any atom is 0.251 e. The molecule has 0 radical (unpaired) electrons. The predicted octanol–water partition coefficient (Wildman–Crippen LogP) is 0.664. The van der Waals surface area contributed by atoms with Gasteiger partial charge in [0, 0.05) is 17.5 Å². The van der Waals surface area contributed by atoms with Gasteiger partial charge in [-0.15, -0.1) is 0 Å². The highest BCUT2D eigenvalue weighted by molar-refractivity contribution is 5.95. The van der Waals surface area contributed by atoms with Crippen LogP contribution in [0.2, 0.25) is 0 Å². The zero-order valence-corrected chi connectivity index (χ0v) is 11.4. The summed E-state index contributed by atoms with van der Waals surface area (Å²) in [5, 5.41) is 2.78. The molecule has 0 aliphatic rings. The lowest BCUT2D eigenvalue weighted by Crippen LogP contribution is -2.46. The molecule has 0 unspecified atom stereocenters. The third-order valence-corrected chi connectivity index (χ3v) is 2.71. The predicted molar refractivity (Wildman–Crippen MR) is 74.3 cm³/mol. The van der Waals surface area contributed by atoms with E-state index in [2.05, 4.69) is 10.7 Å². The molecule has 0 bridgehead atoms. The Morgan fingerprint density at radius 3 is 2.42 bits per heavy atom. The Morgan fingerprint density at radius 1 is 1.32 bits per heavy atom. The first kappa shape index (κ1) is 15.0. The minimum absolute atomic E-state index is 0.0835. The van der Waals surface area contributed by atoms with Gasteiger partial charge in [-0.2, -0.15) is 0 Å². The summed E-state index contributed by atoms with van der Waals surface area (Å²) in [4.78, 5) is 23.0. The molecule has 0 saturated carbocycles. The zero-order chi connectivity index (χ0) is 14.6. The van der Waals surface area contributed by atoms with E-state index < -0.39 is 11.4 Å². The molecule has 0 aromatic heterocycles. The number of primary amides is 1. The van der Waals surface area contributed by atoms with Crippen LogP contribution in [0.3, 0.4) is 0 Å². The number of amides is 2. The van der Waals surface area contributed by atoms with Crippen LogP contribution in [0, 0.1) is 6.92 Å². The van der Waals surface area contributed by atoms with Gasteiger partial charge < -0.3 is 16.5 Å². The molecular weight excluding hydrogens is 244 g/mol. The quantitative estimate of drug-likeness (QED) is 0.462. The molecule has 104 valence electrons. The van der Waals surface area contributed by atoms with Crippen LogP contribution in [0.1, 0.15) is 36.2 Å². The summed E-state index contributed by atoms with van der Waals surface area (Å²) in [6.07, 6.45) is 0.0835. The maximum absolute atomic E-state index is 12.1. The van der Waals surface area contributed by atoms with Gasteiger partial charge in [-0.05, 0) is 44.5 Å². The van der Waals surface area contributed by atoms with Crippen molar-refractivity contribution in [3.8, 4) is 0 Å². The minimum Gasteiger partial charge on any atom is -0.370 e. The average molecular weight is 264 g/mol. The Morgan fingerprint density at radius 2 is 1.95 bits per heavy atom. The molecule has 6 N–H and O–H groups in total. The summed E-state index contributed by atoms with van der Waals surface area (Å²) in [6, 6.07) is 5.12. The molecule has 0 spiro atoms. The monoisotopic (exact) mass is 264 g/mol. The maximum atomic E-state index is 12.1. The largest absolute Gasteiger partial charge is 0.370 e. The Labute approximate surface area is 112 Å². The molecule has 0 aliphatic heterocycles. The number of carbonyl (C=O) groups excluding carboxylic acids is 2. The first-order chi connectivity index (χ1) is 8.75. The van der Waals surface area contributed by atoms with E-state index in [9.17, 15) is 9.59 Å². The molecule has 2 amide bonds. The van der Waals surface area contributed by atoms with Gasteiger partial charge in [0.2, 0.25) is 5.91 Å². The standard InChI is InChI=1S/C13H20N4O2/c1-8-6-9(4-5-10(8)17-15)12(19)16-13(2,3)7-11(14)18/h4-6,17H,7,15H2,1-3H3,(H2,14,18)(H,16,19). The minimum atomic E-state index is -0.679. The molecule has 6 heteroatoms. The van der Waals surface area contributed by atoms with E-state index in [-0.39, 0.29) is 12.3 Å². The number of hydrazine groups is 1. The summed E-state index contributed by atoms with van der Waals surface area (Å²) < 4.78 is 0. The van der Waals surface area contributed by atoms with Gasteiger partial charge in [0.05, 0.1) is 5.69 Å². The Balaban J connectivity index is 2.84. The van der Waals surface area contributed by atoms with Crippen LogP contribution in [-0.4, -0.2) is 17.4 Å². The number of nitrogens with one attached hydrogen (secondary N) is 2. The summed E-state index contributed by atoms with van der Waals surface area (Å²) in [6.45, 7) is 5.34. The average Bonchev–Trinajstić information content (AvgIpc) is 2.26. The van der Waals surface area contributed by atoms with Crippen molar-refractivity contribution in [2.45, 2.75) is 32.7 Å². The van der Waals surface area contributed by atoms with Crippen LogP contribution < -0.4 is 22.3 Å². The van der Waals surface area contributed by atoms with Crippen molar-refractivity contribution in [1.82, 2.24) is 5.32 Å². The Hall–Kier alpha value is -2.08. The molecule has 19 heavy (non-hydrogen) atoms. The molecule has 1 aromatic rings. The number of aryl methyl sites for hydroxylation is 1. The highest BCUT2D eigenvalue weighted by Crippen LogP contribution is 2.16. The van der Waals surface area contributed by atoms with Gasteiger partial charge in [0.1, 0.15) is 0 Å². The number of rotatable bonds is 5. The van der Waals surface area contributed by atoms with E-state index in [1.165, 1.54) is 0 Å². The third kappa shape index (κ3) is 4.26. The zero-order valence-electron chi connectivity index (χ0n) is 11.4. The lowest BCUT2D eigenvalue weighted by molar-refractivity contribution is -0.119. The second-order valence-electron chi connectivity index (χ2n) is 5.16. The van der Waals surface area contributed by atoms with Crippen LogP contribution in [-0.2, 0) is 4.79 Å². The Kier molecular flexibility index (Phi) is 4.50. The van der Waals surface area contributed by atoms with Crippen molar-refractivity contribution in [2.24, 2.45) is 11.6 Å². The summed E-state index contributed by atoms with van der Waals surface area (Å²) in [5.41, 5.74) is 9.14. The second-order valence-corrected chi connectivity index (χ2v) is 5.16. The number of benzene rings is 1. The molecule has 0 aliphatic carbocycles. The molecule has 0 fully saturated rings. The normalized spacial score (nSPS) is 10.9. The van der Waals surface area contributed by atoms with Crippen molar-refractivity contribution in [1.29, 1.82) is 0 Å². The molecule has 1 aromatic carbocycles. The van der Waals surface area contributed by atoms with Gasteiger partial charge in [0.25, 0.3) is 5.91 Å².